The van der Waals surface area contributed by atoms with Gasteiger partial charge in [0.1, 0.15) is 17.5 Å². The van der Waals surface area contributed by atoms with Gasteiger partial charge in [-0.2, -0.15) is 20.3 Å². The van der Waals surface area contributed by atoms with E-state index in [0.717, 1.165) is 42.4 Å². The number of aromatic nitrogens is 4. The molecule has 0 saturated heterocycles. The van der Waals surface area contributed by atoms with Crippen LogP contribution in [0.4, 0.5) is 17.6 Å². The van der Waals surface area contributed by atoms with E-state index in [0.29, 0.717) is 6.54 Å². The van der Waals surface area contributed by atoms with E-state index < -0.39 is 0 Å². The van der Waals surface area contributed by atoms with E-state index in [4.69, 9.17) is 11.5 Å². The molecule has 0 spiro atoms. The van der Waals surface area contributed by atoms with Crippen LogP contribution in [0.2, 0.25) is 0 Å². The first-order chi connectivity index (χ1) is 15.5. The molecule has 2 aromatic heterocycles. The van der Waals surface area contributed by atoms with Crippen LogP contribution in [0, 0.1) is 11.3 Å². The summed E-state index contributed by atoms with van der Waals surface area (Å²) in [6.45, 7) is 2.32. The lowest BCUT2D eigenvalue weighted by Crippen LogP contribution is -2.31. The maximum atomic E-state index is 13.5. The molecule has 164 valence electrons. The SMILES string of the molecule is CC(Nc1nc(N)nc(N)c1C#N)c1cnn(Cc2ccccc2)c(=O)c1C1CCCC1. The zero-order chi connectivity index (χ0) is 22.7. The van der Waals surface area contributed by atoms with E-state index in [-0.39, 0.29) is 40.7 Å². The summed E-state index contributed by atoms with van der Waals surface area (Å²) in [6, 6.07) is 11.5. The molecule has 0 aliphatic heterocycles. The summed E-state index contributed by atoms with van der Waals surface area (Å²) in [4.78, 5) is 21.5. The predicted molar refractivity (Wildman–Crippen MR) is 123 cm³/mol. The molecule has 1 saturated carbocycles. The largest absolute Gasteiger partial charge is 0.382 e. The second kappa shape index (κ2) is 9.06. The van der Waals surface area contributed by atoms with Gasteiger partial charge in [-0.1, -0.05) is 43.2 Å². The van der Waals surface area contributed by atoms with Gasteiger partial charge in [0, 0.05) is 11.1 Å². The van der Waals surface area contributed by atoms with Crippen LogP contribution in [0.15, 0.2) is 41.3 Å². The van der Waals surface area contributed by atoms with Crippen molar-refractivity contribution in [1.82, 2.24) is 19.7 Å². The normalized spacial score (nSPS) is 14.8. The minimum atomic E-state index is -0.335. The second-order valence-electron chi connectivity index (χ2n) is 8.11. The predicted octanol–water partition coefficient (Wildman–Crippen LogP) is 2.95. The highest BCUT2D eigenvalue weighted by Gasteiger charge is 2.27. The Bertz CT molecular complexity index is 1210. The Kier molecular flexibility index (Phi) is 6.03. The lowest BCUT2D eigenvalue weighted by Gasteiger charge is -2.22. The van der Waals surface area contributed by atoms with Gasteiger partial charge in [-0.15, -0.1) is 0 Å². The zero-order valence-electron chi connectivity index (χ0n) is 18.0. The first kappa shape index (κ1) is 21.3. The average molecular weight is 431 g/mol. The highest BCUT2D eigenvalue weighted by Crippen LogP contribution is 2.36. The Balaban J connectivity index is 1.73. The van der Waals surface area contributed by atoms with Crippen molar-refractivity contribution in [2.45, 2.75) is 51.1 Å². The van der Waals surface area contributed by atoms with Crippen LogP contribution >= 0.6 is 0 Å². The fourth-order valence-corrected chi connectivity index (χ4v) is 4.35. The minimum Gasteiger partial charge on any atom is -0.382 e. The number of nitrogen functional groups attached to an aromatic ring is 2. The maximum absolute atomic E-state index is 13.5. The molecule has 4 rings (SSSR count). The van der Waals surface area contributed by atoms with Crippen molar-refractivity contribution in [1.29, 1.82) is 5.26 Å². The number of hydrogen-bond acceptors (Lipinski definition) is 8. The van der Waals surface area contributed by atoms with Crippen molar-refractivity contribution in [2.24, 2.45) is 0 Å². The van der Waals surface area contributed by atoms with Crippen LogP contribution in [0.3, 0.4) is 0 Å². The van der Waals surface area contributed by atoms with E-state index in [1.807, 2.05) is 43.3 Å². The van der Waals surface area contributed by atoms with Crippen molar-refractivity contribution < 1.29 is 0 Å². The van der Waals surface area contributed by atoms with Gasteiger partial charge in [-0.3, -0.25) is 4.79 Å². The topological polar surface area (TPSA) is 149 Å². The standard InChI is InChI=1S/C23H26N8O/c1-14(28-21-17(11-24)20(25)29-23(26)30-21)18-12-27-31(13-15-7-3-2-4-8-15)22(32)19(18)16-9-5-6-10-16/h2-4,7-8,12,14,16H,5-6,9-10,13H2,1H3,(H5,25,26,28,29,30). The summed E-state index contributed by atoms with van der Waals surface area (Å²) in [5.74, 6) is 0.421. The van der Waals surface area contributed by atoms with Crippen molar-refractivity contribution in [2.75, 3.05) is 16.8 Å². The Labute approximate surface area is 186 Å². The molecule has 1 fully saturated rings. The molecule has 0 bridgehead atoms. The molecule has 9 nitrogen and oxygen atoms in total. The van der Waals surface area contributed by atoms with Gasteiger partial charge < -0.3 is 16.8 Å². The van der Waals surface area contributed by atoms with Crippen LogP contribution < -0.4 is 22.3 Å². The number of benzene rings is 1. The molecule has 1 unspecified atom stereocenters. The Hall–Kier alpha value is -3.93. The molecule has 32 heavy (non-hydrogen) atoms. The van der Waals surface area contributed by atoms with Crippen molar-refractivity contribution >= 4 is 17.6 Å². The summed E-state index contributed by atoms with van der Waals surface area (Å²) in [7, 11) is 0. The number of nitrogens with zero attached hydrogens (tertiary/aromatic N) is 5. The van der Waals surface area contributed by atoms with E-state index in [2.05, 4.69) is 20.4 Å². The van der Waals surface area contributed by atoms with Gasteiger partial charge in [0.25, 0.3) is 5.56 Å². The van der Waals surface area contributed by atoms with Crippen LogP contribution in [-0.2, 0) is 6.54 Å². The first-order valence-electron chi connectivity index (χ1n) is 10.7. The maximum Gasteiger partial charge on any atom is 0.270 e. The Morgan fingerprint density at radius 3 is 2.62 bits per heavy atom. The third kappa shape index (κ3) is 4.25. The van der Waals surface area contributed by atoms with Gasteiger partial charge in [-0.25, -0.2) is 4.68 Å². The highest BCUT2D eigenvalue weighted by atomic mass is 16.1. The Morgan fingerprint density at radius 2 is 1.94 bits per heavy atom. The first-order valence-corrected chi connectivity index (χ1v) is 10.7. The summed E-state index contributed by atoms with van der Waals surface area (Å²) < 4.78 is 1.53. The smallest absolute Gasteiger partial charge is 0.270 e. The zero-order valence-corrected chi connectivity index (χ0v) is 18.0. The van der Waals surface area contributed by atoms with E-state index in [9.17, 15) is 10.1 Å². The quantitative estimate of drug-likeness (QED) is 0.540. The molecule has 1 aliphatic carbocycles. The molecule has 1 aromatic carbocycles. The average Bonchev–Trinajstić information content (AvgIpc) is 3.30. The summed E-state index contributed by atoms with van der Waals surface area (Å²) in [6.07, 6.45) is 5.89. The van der Waals surface area contributed by atoms with Gasteiger partial charge in [0.2, 0.25) is 5.95 Å². The van der Waals surface area contributed by atoms with Crippen LogP contribution in [0.5, 0.6) is 0 Å². The summed E-state index contributed by atoms with van der Waals surface area (Å²) in [5, 5.41) is 17.1. The lowest BCUT2D eigenvalue weighted by molar-refractivity contribution is 0.591. The lowest BCUT2D eigenvalue weighted by atomic mass is 9.92. The third-order valence-electron chi connectivity index (χ3n) is 5.94. The fourth-order valence-electron chi connectivity index (χ4n) is 4.35. The van der Waals surface area contributed by atoms with Crippen molar-refractivity contribution in [3.8, 4) is 6.07 Å². The number of nitrogens with one attached hydrogen (secondary N) is 1. The molecule has 0 radical (unpaired) electrons. The van der Waals surface area contributed by atoms with Gasteiger partial charge >= 0.3 is 0 Å². The number of nitriles is 1. The molecule has 1 atom stereocenters. The molecular weight excluding hydrogens is 404 g/mol. The number of nitrogens with two attached hydrogens (primary N) is 2. The summed E-state index contributed by atoms with van der Waals surface area (Å²) >= 11 is 0. The second-order valence-corrected chi connectivity index (χ2v) is 8.11. The van der Waals surface area contributed by atoms with Crippen molar-refractivity contribution in [3.05, 3.63) is 69.1 Å². The minimum absolute atomic E-state index is 0.0159. The van der Waals surface area contributed by atoms with Crippen molar-refractivity contribution in [3.63, 3.8) is 0 Å². The highest BCUT2D eigenvalue weighted by molar-refractivity contribution is 5.65. The number of hydrogen-bond donors (Lipinski definition) is 3. The summed E-state index contributed by atoms with van der Waals surface area (Å²) in [5.41, 5.74) is 14.2. The third-order valence-corrected chi connectivity index (χ3v) is 5.94. The van der Waals surface area contributed by atoms with Crippen LogP contribution in [0.25, 0.3) is 0 Å². The number of anilines is 3. The van der Waals surface area contributed by atoms with Gasteiger partial charge in [0.05, 0.1) is 18.8 Å². The van der Waals surface area contributed by atoms with E-state index >= 15 is 0 Å². The molecule has 5 N–H and O–H groups in total. The molecule has 2 heterocycles. The van der Waals surface area contributed by atoms with Gasteiger partial charge in [-0.05, 0) is 31.2 Å². The number of rotatable bonds is 6. The van der Waals surface area contributed by atoms with Crippen LogP contribution in [0.1, 0.15) is 66.8 Å². The Morgan fingerprint density at radius 1 is 1.22 bits per heavy atom. The van der Waals surface area contributed by atoms with E-state index in [1.54, 1.807) is 6.20 Å². The molecule has 1 aliphatic rings. The fraction of sp³-hybridized carbons (Fsp3) is 0.348. The van der Waals surface area contributed by atoms with Gasteiger partial charge in [0.15, 0.2) is 5.82 Å². The monoisotopic (exact) mass is 430 g/mol. The molecule has 9 heteroatoms. The molecule has 0 amide bonds. The molecular formula is C23H26N8O. The van der Waals surface area contributed by atoms with Crippen LogP contribution in [-0.4, -0.2) is 19.7 Å². The molecule has 3 aromatic rings. The van der Waals surface area contributed by atoms with E-state index in [1.165, 1.54) is 4.68 Å².